The Hall–Kier alpha value is -0.983. The number of ketones is 1. The summed E-state index contributed by atoms with van der Waals surface area (Å²) in [5.41, 5.74) is 4.22. The lowest BCUT2D eigenvalue weighted by Gasteiger charge is -2.19. The van der Waals surface area contributed by atoms with Gasteiger partial charge in [-0.25, -0.2) is 0 Å². The average Bonchev–Trinajstić information content (AvgIpc) is 2.26. The smallest absolute Gasteiger partial charge is 0.166 e. The van der Waals surface area contributed by atoms with E-state index in [1.165, 1.54) is 0 Å². The van der Waals surface area contributed by atoms with Crippen molar-refractivity contribution < 1.29 is 4.79 Å². The highest BCUT2D eigenvalue weighted by Gasteiger charge is 2.24. The zero-order valence-corrected chi connectivity index (χ0v) is 12.2. The number of fused-ring (bicyclic) bond motifs is 1. The Morgan fingerprint density at radius 2 is 2.00 bits per heavy atom. The van der Waals surface area contributed by atoms with E-state index in [4.69, 9.17) is 0 Å². The van der Waals surface area contributed by atoms with Crippen molar-refractivity contribution in [1.29, 1.82) is 0 Å². The minimum absolute atomic E-state index is 0.143. The zero-order chi connectivity index (χ0) is 12.5. The first kappa shape index (κ1) is 12.5. The van der Waals surface area contributed by atoms with Gasteiger partial charge in [-0.15, -0.1) is 17.3 Å². The molecular weight excluding hydrogens is 244 g/mol. The molecule has 0 saturated carbocycles. The largest absolute Gasteiger partial charge is 0.294 e. The molecule has 0 spiro atoms. The van der Waals surface area contributed by atoms with Crippen molar-refractivity contribution >= 4 is 25.6 Å². The Kier molecular flexibility index (Phi) is 3.46. The highest BCUT2D eigenvalue weighted by molar-refractivity contribution is 8.00. The number of carbonyl (C=O) groups is 1. The van der Waals surface area contributed by atoms with Crippen LogP contribution in [-0.4, -0.2) is 19.1 Å². The normalized spacial score (nSPS) is 19.2. The molecule has 1 aromatic rings. The molecule has 1 nitrogen and oxygen atoms in total. The van der Waals surface area contributed by atoms with Crippen LogP contribution in [0.25, 0.3) is 0 Å². The molecule has 0 radical (unpaired) electrons. The summed E-state index contributed by atoms with van der Waals surface area (Å²) in [6, 6.07) is 7.83. The van der Waals surface area contributed by atoms with Gasteiger partial charge >= 0.3 is 0 Å². The number of hydrogen-bond acceptors (Lipinski definition) is 2. The molecule has 0 saturated heterocycles. The lowest BCUT2D eigenvalue weighted by atomic mass is 10.1. The maximum absolute atomic E-state index is 12.0. The number of rotatable bonds is 0. The molecule has 0 bridgehead atoms. The van der Waals surface area contributed by atoms with E-state index in [-0.39, 0.29) is 11.0 Å². The number of benzene rings is 1. The molecular formula is C14H16OSSi. The summed E-state index contributed by atoms with van der Waals surface area (Å²) in [6.45, 7) is 6.68. The van der Waals surface area contributed by atoms with Crippen LogP contribution in [0.3, 0.4) is 0 Å². The third-order valence-electron chi connectivity index (χ3n) is 2.44. The highest BCUT2D eigenvalue weighted by atomic mass is 32.2. The van der Waals surface area contributed by atoms with Gasteiger partial charge in [0.2, 0.25) is 0 Å². The van der Waals surface area contributed by atoms with Gasteiger partial charge in [0.15, 0.2) is 5.78 Å². The molecule has 1 unspecified atom stereocenters. The third-order valence-corrected chi connectivity index (χ3v) is 4.51. The number of hydrogen-bond donors (Lipinski definition) is 0. The molecule has 0 aromatic heterocycles. The van der Waals surface area contributed by atoms with Crippen LogP contribution in [0.1, 0.15) is 16.8 Å². The first-order valence-corrected chi connectivity index (χ1v) is 10.2. The summed E-state index contributed by atoms with van der Waals surface area (Å²) >= 11 is 1.73. The average molecular weight is 260 g/mol. The van der Waals surface area contributed by atoms with E-state index in [9.17, 15) is 4.79 Å². The summed E-state index contributed by atoms with van der Waals surface area (Å²) in [5, 5.41) is 0.143. The molecule has 1 atom stereocenters. The van der Waals surface area contributed by atoms with Crippen molar-refractivity contribution in [2.75, 3.05) is 0 Å². The van der Waals surface area contributed by atoms with E-state index in [0.717, 1.165) is 10.5 Å². The summed E-state index contributed by atoms with van der Waals surface area (Å²) in [4.78, 5) is 13.0. The first-order valence-electron chi connectivity index (χ1n) is 5.77. The van der Waals surface area contributed by atoms with Gasteiger partial charge in [0.25, 0.3) is 0 Å². The van der Waals surface area contributed by atoms with Crippen molar-refractivity contribution in [3.8, 4) is 11.5 Å². The topological polar surface area (TPSA) is 17.1 Å². The predicted octanol–water partition coefficient (Wildman–Crippen LogP) is 3.61. The Bertz CT molecular complexity index is 505. The van der Waals surface area contributed by atoms with Crippen LogP contribution in [0.15, 0.2) is 29.2 Å². The van der Waals surface area contributed by atoms with Crippen LogP contribution >= 0.6 is 11.8 Å². The number of Topliss-reactive ketones (excluding diaryl/α,β-unsaturated/α-hetero) is 1. The molecule has 17 heavy (non-hydrogen) atoms. The summed E-state index contributed by atoms with van der Waals surface area (Å²) in [6.07, 6.45) is 0.555. The molecule has 1 aliphatic heterocycles. The van der Waals surface area contributed by atoms with Gasteiger partial charge in [0, 0.05) is 16.9 Å². The fourth-order valence-corrected chi connectivity index (χ4v) is 3.49. The van der Waals surface area contributed by atoms with E-state index in [0.29, 0.717) is 6.42 Å². The van der Waals surface area contributed by atoms with E-state index in [1.54, 1.807) is 11.8 Å². The minimum atomic E-state index is -1.34. The monoisotopic (exact) mass is 260 g/mol. The Morgan fingerprint density at radius 3 is 2.71 bits per heavy atom. The Morgan fingerprint density at radius 1 is 1.29 bits per heavy atom. The Labute approximate surface area is 108 Å². The van der Waals surface area contributed by atoms with Gasteiger partial charge in [-0.1, -0.05) is 43.8 Å². The summed E-state index contributed by atoms with van der Waals surface area (Å²) in [5.74, 6) is 3.52. The third kappa shape index (κ3) is 3.24. The molecule has 0 N–H and O–H groups in total. The molecule has 2 rings (SSSR count). The van der Waals surface area contributed by atoms with Crippen LogP contribution in [0, 0.1) is 11.5 Å². The fraction of sp³-hybridized carbons (Fsp3) is 0.357. The predicted molar refractivity (Wildman–Crippen MR) is 76.2 cm³/mol. The molecule has 88 valence electrons. The maximum Gasteiger partial charge on any atom is 0.166 e. The van der Waals surface area contributed by atoms with E-state index in [2.05, 4.69) is 31.1 Å². The standard InChI is InChI=1S/C14H16OSSi/c1-17(2,3)9-8-11-10-13(15)12-6-4-5-7-14(12)16-11/h4-7,11H,10H2,1-3H3. The van der Waals surface area contributed by atoms with Crippen LogP contribution in [0.5, 0.6) is 0 Å². The highest BCUT2D eigenvalue weighted by Crippen LogP contribution is 2.34. The second kappa shape index (κ2) is 4.71. The SMILES string of the molecule is C[Si](C)(C)C#CC1CC(=O)c2ccccc2S1. The minimum Gasteiger partial charge on any atom is -0.294 e. The number of thioether (sulfide) groups is 1. The van der Waals surface area contributed by atoms with E-state index >= 15 is 0 Å². The number of carbonyl (C=O) groups excluding carboxylic acids is 1. The summed E-state index contributed by atoms with van der Waals surface area (Å²) in [7, 11) is -1.34. The van der Waals surface area contributed by atoms with Gasteiger partial charge in [0.1, 0.15) is 8.07 Å². The van der Waals surface area contributed by atoms with Crippen molar-refractivity contribution in [3.63, 3.8) is 0 Å². The maximum atomic E-state index is 12.0. The summed E-state index contributed by atoms with van der Waals surface area (Å²) < 4.78 is 0. The molecule has 0 aliphatic carbocycles. The quantitative estimate of drug-likeness (QED) is 0.523. The molecule has 3 heteroatoms. The second-order valence-corrected chi connectivity index (χ2v) is 11.2. The van der Waals surface area contributed by atoms with Crippen molar-refractivity contribution in [1.82, 2.24) is 0 Å². The molecule has 1 heterocycles. The van der Waals surface area contributed by atoms with Crippen molar-refractivity contribution in [2.45, 2.75) is 36.2 Å². The molecule has 1 aromatic carbocycles. The van der Waals surface area contributed by atoms with Gasteiger partial charge < -0.3 is 0 Å². The van der Waals surface area contributed by atoms with Gasteiger partial charge in [0.05, 0.1) is 5.25 Å². The first-order chi connectivity index (χ1) is 7.96. The lowest BCUT2D eigenvalue weighted by molar-refractivity contribution is 0.0980. The van der Waals surface area contributed by atoms with Crippen LogP contribution < -0.4 is 0 Å². The molecule has 1 aliphatic rings. The van der Waals surface area contributed by atoms with E-state index in [1.807, 2.05) is 24.3 Å². The zero-order valence-electron chi connectivity index (χ0n) is 10.4. The van der Waals surface area contributed by atoms with Crippen LogP contribution in [-0.2, 0) is 0 Å². The molecule has 0 amide bonds. The van der Waals surface area contributed by atoms with E-state index < -0.39 is 8.07 Å². The van der Waals surface area contributed by atoms with Gasteiger partial charge in [-0.05, 0) is 6.07 Å². The molecule has 0 fully saturated rings. The van der Waals surface area contributed by atoms with Gasteiger partial charge in [-0.2, -0.15) is 0 Å². The van der Waals surface area contributed by atoms with Gasteiger partial charge in [-0.3, -0.25) is 4.79 Å². The Balaban J connectivity index is 2.22. The van der Waals surface area contributed by atoms with Crippen LogP contribution in [0.2, 0.25) is 19.6 Å². The lowest BCUT2D eigenvalue weighted by Crippen LogP contribution is -2.20. The second-order valence-electron chi connectivity index (χ2n) is 5.25. The van der Waals surface area contributed by atoms with Crippen LogP contribution in [0.4, 0.5) is 0 Å². The van der Waals surface area contributed by atoms with Crippen molar-refractivity contribution in [2.24, 2.45) is 0 Å². The fourth-order valence-electron chi connectivity index (χ4n) is 1.65. The van der Waals surface area contributed by atoms with Crippen molar-refractivity contribution in [3.05, 3.63) is 29.8 Å².